The second kappa shape index (κ2) is 32.0. The Balaban J connectivity index is 0.000000152. The molecule has 0 atom stereocenters. The molecule has 3 heterocycles. The summed E-state index contributed by atoms with van der Waals surface area (Å²) in [6.07, 6.45) is -3.19. The maximum Gasteiger partial charge on any atom is 0.331 e. The summed E-state index contributed by atoms with van der Waals surface area (Å²) in [7, 11) is -5.39. The van der Waals surface area contributed by atoms with Gasteiger partial charge in [-0.25, -0.2) is 4.39 Å². The smallest absolute Gasteiger partial charge is 0.331 e. The van der Waals surface area contributed by atoms with Crippen molar-refractivity contribution in [2.24, 2.45) is 0 Å². The first-order valence-electron chi connectivity index (χ1n) is 26.9. The zero-order valence-electron chi connectivity index (χ0n) is 46.2. The van der Waals surface area contributed by atoms with Crippen molar-refractivity contribution in [3.63, 3.8) is 0 Å². The van der Waals surface area contributed by atoms with E-state index in [1.54, 1.807) is 0 Å². The summed E-state index contributed by atoms with van der Waals surface area (Å²) < 4.78 is 76.0. The molecule has 0 saturated heterocycles. The molecule has 4 nitrogen and oxygen atoms in total. The third-order valence-corrected chi connectivity index (χ3v) is 16.1. The second-order valence-electron chi connectivity index (χ2n) is 18.9. The van der Waals surface area contributed by atoms with Gasteiger partial charge < -0.3 is 19.2 Å². The molecule has 0 aliphatic heterocycles. The number of hydrogen-bond acceptors (Lipinski definition) is 4. The Labute approximate surface area is 514 Å². The predicted molar refractivity (Wildman–Crippen MR) is 344 cm³/mol. The minimum Gasteiger partial charge on any atom is -0.822 e. The van der Waals surface area contributed by atoms with Crippen LogP contribution in [0.25, 0.3) is 96.0 Å². The molecule has 434 valence electrons. The normalized spacial score (nSPS) is 10.7. The fourth-order valence-electron chi connectivity index (χ4n) is 8.56. The van der Waals surface area contributed by atoms with Gasteiger partial charge in [0.25, 0.3) is 0 Å². The molecule has 87 heavy (non-hydrogen) atoms. The molecule has 12 aromatic rings. The molecule has 0 aliphatic carbocycles. The Kier molecular flexibility index (Phi) is 23.6. The molecule has 0 spiro atoms. The number of hydrogen-bond donors (Lipinski definition) is 0. The molecule has 0 aliphatic rings. The molecule has 0 saturated carbocycles. The number of alkyl halides is 3. The van der Waals surface area contributed by atoms with E-state index in [9.17, 15) is 26.3 Å². The minimum absolute atomic E-state index is 1.25. The molecule has 0 radical (unpaired) electrons. The quantitative estimate of drug-likeness (QED) is 0.0733. The fourth-order valence-corrected chi connectivity index (χ4v) is 11.9. The van der Waals surface area contributed by atoms with Gasteiger partial charge in [-0.15, -0.1) is 0 Å². The van der Waals surface area contributed by atoms with Crippen LogP contribution in [0.15, 0.2) is 321 Å². The van der Waals surface area contributed by atoms with Crippen LogP contribution in [-0.4, -0.2) is 12.6 Å². The number of benzene rings is 9. The zero-order valence-corrected chi connectivity index (χ0v) is 49.6. The van der Waals surface area contributed by atoms with Gasteiger partial charge in [0.2, 0.25) is 69.1 Å². The van der Waals surface area contributed by atoms with Crippen molar-refractivity contribution in [1.29, 1.82) is 0 Å². The van der Waals surface area contributed by atoms with Crippen LogP contribution >= 0.6 is 41.8 Å². The van der Waals surface area contributed by atoms with Crippen LogP contribution in [0.5, 0.6) is 0 Å². The summed E-state index contributed by atoms with van der Waals surface area (Å²) in [5.74, 6) is -7.69. The molecule has 0 bridgehead atoms. The monoisotopic (exact) mass is 1230 g/mol. The van der Waals surface area contributed by atoms with Crippen LogP contribution in [-0.2, 0) is 4.57 Å². The Morgan fingerprint density at radius 2 is 0.448 bits per heavy atom. The van der Waals surface area contributed by atoms with Crippen LogP contribution in [0.4, 0.5) is 26.3 Å². The van der Waals surface area contributed by atoms with E-state index in [0.29, 0.717) is 0 Å². The average Bonchev–Trinajstić information content (AvgIpc) is 3.29. The molecule has 0 unspecified atom stereocenters. The van der Waals surface area contributed by atoms with Gasteiger partial charge in [0, 0.05) is 69.8 Å². The van der Waals surface area contributed by atoms with Crippen LogP contribution in [0.2, 0.25) is 0 Å². The standard InChI is InChI=1S/3C23H17S.C4H2F6.H3O4P/c3*1-4-10-18(11-5-1)21-16-22(19-12-6-2-7-13-19)24-23(17-21)20-14-8-3-9-15-20;5-1-4(9,10)2(6)3(7)8;1-5(2,3)4/h3*1-17H;1H2;(H3,1,2,3,4)/q3*+1;;/p-3. The largest absolute Gasteiger partial charge is 0.822 e. The Bertz CT molecular complexity index is 3310. The summed E-state index contributed by atoms with van der Waals surface area (Å²) in [4.78, 5) is 33.4. The van der Waals surface area contributed by atoms with Gasteiger partial charge in [-0.3, -0.25) is 0 Å². The summed E-state index contributed by atoms with van der Waals surface area (Å²) in [6, 6.07) is 109. The van der Waals surface area contributed by atoms with Gasteiger partial charge in [-0.2, -0.15) is 29.8 Å². The van der Waals surface area contributed by atoms with Crippen molar-refractivity contribution in [2.75, 3.05) is 6.67 Å². The SMILES string of the molecule is FCC(F)(F)C(F)=C(F)F.O=P([O-])([O-])[O-].c1ccc(-c2cc(-c3ccccc3)[s+]c(-c3ccccc3)c2)cc1.c1ccc(-c2cc(-c3ccccc3)[s+]c(-c3ccccc3)c2)cc1.c1ccc(-c2cc(-c3ccccc3)[s+]c(-c3ccccc3)c2)cc1. The van der Waals surface area contributed by atoms with Gasteiger partial charge >= 0.3 is 12.0 Å². The van der Waals surface area contributed by atoms with E-state index in [1.807, 2.05) is 34.0 Å². The molecule has 3 aromatic heterocycles. The molecule has 9 aromatic carbocycles. The molecule has 0 N–H and O–H groups in total. The highest BCUT2D eigenvalue weighted by Gasteiger charge is 2.39. The topological polar surface area (TPSA) is 86.2 Å². The molecule has 12 rings (SSSR count). The van der Waals surface area contributed by atoms with E-state index in [-0.39, 0.29) is 0 Å². The lowest BCUT2D eigenvalue weighted by Crippen LogP contribution is -2.24. The lowest BCUT2D eigenvalue weighted by atomic mass is 10.0. The van der Waals surface area contributed by atoms with Gasteiger partial charge in [0.1, 0.15) is 0 Å². The summed E-state index contributed by atoms with van der Waals surface area (Å²) in [6.45, 7) is -2.46. The van der Waals surface area contributed by atoms with Gasteiger partial charge in [0.15, 0.2) is 6.67 Å². The van der Waals surface area contributed by atoms with E-state index < -0.39 is 32.3 Å². The number of rotatable bonds is 11. The number of halogens is 6. The van der Waals surface area contributed by atoms with Crippen LogP contribution in [0.3, 0.4) is 0 Å². The maximum atomic E-state index is 11.5. The van der Waals surface area contributed by atoms with Crippen LogP contribution < -0.4 is 14.7 Å². The zero-order chi connectivity index (χ0) is 61.4. The summed E-state index contributed by atoms with van der Waals surface area (Å²) >= 11 is 5.51. The summed E-state index contributed by atoms with van der Waals surface area (Å²) in [5.41, 5.74) is 15.1. The highest BCUT2D eigenvalue weighted by Crippen LogP contribution is 2.40. The predicted octanol–water partition coefficient (Wildman–Crippen LogP) is 20.9. The Hall–Kier alpha value is -8.88. The average molecular weight is 1240 g/mol. The van der Waals surface area contributed by atoms with Crippen molar-refractivity contribution in [1.82, 2.24) is 0 Å². The lowest BCUT2D eigenvalue weighted by molar-refractivity contribution is -0.432. The number of phosphoric acid groups is 1. The van der Waals surface area contributed by atoms with E-state index in [4.69, 9.17) is 19.2 Å². The van der Waals surface area contributed by atoms with Crippen molar-refractivity contribution in [3.05, 3.63) is 321 Å². The van der Waals surface area contributed by atoms with E-state index in [2.05, 4.69) is 309 Å². The van der Waals surface area contributed by atoms with Crippen molar-refractivity contribution >= 4 is 41.8 Å². The highest BCUT2D eigenvalue weighted by molar-refractivity contribution is 7.40. The van der Waals surface area contributed by atoms with Crippen molar-refractivity contribution < 1.29 is 45.6 Å². The first-order valence-corrected chi connectivity index (χ1v) is 30.8. The van der Waals surface area contributed by atoms with Crippen LogP contribution in [0.1, 0.15) is 0 Å². The van der Waals surface area contributed by atoms with Crippen molar-refractivity contribution in [2.45, 2.75) is 5.92 Å². The third kappa shape index (κ3) is 19.8. The fraction of sp³-hybridized carbons (Fsp3) is 0.0274. The van der Waals surface area contributed by atoms with Crippen molar-refractivity contribution in [3.8, 4) is 96.0 Å². The van der Waals surface area contributed by atoms with Crippen LogP contribution in [0, 0.1) is 0 Å². The Morgan fingerprint density at radius 3 is 0.575 bits per heavy atom. The van der Waals surface area contributed by atoms with E-state index in [0.717, 1.165) is 0 Å². The minimum atomic E-state index is -5.39. The second-order valence-corrected chi connectivity index (χ2v) is 23.0. The lowest BCUT2D eigenvalue weighted by Gasteiger charge is -2.36. The van der Waals surface area contributed by atoms with Gasteiger partial charge in [0.05, 0.1) is 0 Å². The number of allylic oxidation sites excluding steroid dienone is 1. The molecular weight excluding hydrogens is 1180 g/mol. The molecule has 14 heteroatoms. The van der Waals surface area contributed by atoms with E-state index >= 15 is 0 Å². The first-order chi connectivity index (χ1) is 42.1. The third-order valence-electron chi connectivity index (χ3n) is 12.7. The first kappa shape index (κ1) is 64.1. The summed E-state index contributed by atoms with van der Waals surface area (Å²) in [5, 5.41) is 0. The molecular formula is C73H53F6O4PS3. The maximum absolute atomic E-state index is 11.5. The molecule has 0 fully saturated rings. The highest BCUT2D eigenvalue weighted by atomic mass is 32.1. The Morgan fingerprint density at radius 1 is 0.299 bits per heavy atom. The van der Waals surface area contributed by atoms with Gasteiger partial charge in [-0.1, -0.05) is 200 Å². The van der Waals surface area contributed by atoms with E-state index in [1.165, 1.54) is 96.0 Å². The van der Waals surface area contributed by atoms with Gasteiger partial charge in [-0.05, 0) is 106 Å². The molecule has 0 amide bonds.